The van der Waals surface area contributed by atoms with Crippen LogP contribution in [0.2, 0.25) is 0 Å². The van der Waals surface area contributed by atoms with Gasteiger partial charge in [-0.2, -0.15) is 0 Å². The number of carbonyl (C=O) groups is 1. The van der Waals surface area contributed by atoms with E-state index < -0.39 is 11.6 Å². The summed E-state index contributed by atoms with van der Waals surface area (Å²) in [6, 6.07) is 11.9. The van der Waals surface area contributed by atoms with Gasteiger partial charge in [-0.15, -0.1) is 0 Å². The number of carbonyl (C=O) groups excluding carboxylic acids is 1. The van der Waals surface area contributed by atoms with Crippen molar-refractivity contribution in [2.45, 2.75) is 19.9 Å². The van der Waals surface area contributed by atoms with Crippen molar-refractivity contribution in [2.75, 3.05) is 0 Å². The Balaban J connectivity index is 1.72. The topological polar surface area (TPSA) is 51.2 Å². The molecule has 0 saturated carbocycles. The van der Waals surface area contributed by atoms with E-state index in [0.717, 1.165) is 11.8 Å². The molecule has 0 aliphatic carbocycles. The molecule has 0 saturated heterocycles. The first-order valence-electron chi connectivity index (χ1n) is 9.69. The fraction of sp³-hybridized carbons (Fsp3) is 0.120. The zero-order chi connectivity index (χ0) is 22.2. The normalized spacial score (nSPS) is 10.8. The molecule has 31 heavy (non-hydrogen) atoms. The van der Waals surface area contributed by atoms with Crippen LogP contribution in [0.5, 0.6) is 11.5 Å². The van der Waals surface area contributed by atoms with Crippen LogP contribution in [0.3, 0.4) is 0 Å². The quantitative estimate of drug-likeness (QED) is 0.478. The van der Waals surface area contributed by atoms with Gasteiger partial charge in [0.05, 0.1) is 0 Å². The number of ether oxygens (including phenoxy) is 1. The second kappa shape index (κ2) is 10.3. The highest BCUT2D eigenvalue weighted by molar-refractivity contribution is 5.96. The molecule has 3 rings (SSSR count). The molecule has 0 spiro atoms. The van der Waals surface area contributed by atoms with Crippen LogP contribution < -0.4 is 10.1 Å². The van der Waals surface area contributed by atoms with E-state index in [4.69, 9.17) is 4.74 Å². The minimum atomic E-state index is -0.687. The third kappa shape index (κ3) is 6.09. The Bertz CT molecular complexity index is 1110. The van der Waals surface area contributed by atoms with Gasteiger partial charge >= 0.3 is 0 Å². The van der Waals surface area contributed by atoms with Crippen molar-refractivity contribution in [1.82, 2.24) is 10.3 Å². The van der Waals surface area contributed by atoms with Gasteiger partial charge in [-0.3, -0.25) is 9.78 Å². The van der Waals surface area contributed by atoms with Crippen molar-refractivity contribution in [3.05, 3.63) is 114 Å². The molecule has 0 aliphatic rings. The molecular formula is C25H22F2N2O2. The fourth-order valence-electron chi connectivity index (χ4n) is 3.00. The van der Waals surface area contributed by atoms with Crippen molar-refractivity contribution in [1.29, 1.82) is 0 Å². The Labute approximate surface area is 179 Å². The van der Waals surface area contributed by atoms with Gasteiger partial charge in [-0.1, -0.05) is 30.9 Å². The second-order valence-corrected chi connectivity index (χ2v) is 6.84. The first kappa shape index (κ1) is 21.9. The predicted molar refractivity (Wildman–Crippen MR) is 116 cm³/mol. The van der Waals surface area contributed by atoms with Crippen LogP contribution in [0.4, 0.5) is 8.78 Å². The minimum absolute atomic E-state index is 0.00395. The molecule has 0 fully saturated rings. The number of nitrogens with one attached hydrogen (secondary N) is 1. The van der Waals surface area contributed by atoms with E-state index in [-0.39, 0.29) is 12.5 Å². The van der Waals surface area contributed by atoms with Gasteiger partial charge in [0.2, 0.25) is 0 Å². The minimum Gasteiger partial charge on any atom is -0.457 e. The number of allylic oxidation sites excluding steroid dienone is 3. The maximum atomic E-state index is 13.3. The zero-order valence-corrected chi connectivity index (χ0v) is 17.1. The lowest BCUT2D eigenvalue weighted by molar-refractivity contribution is 0.0950. The highest BCUT2D eigenvalue weighted by Gasteiger charge is 2.13. The molecule has 3 aromatic rings. The lowest BCUT2D eigenvalue weighted by atomic mass is 10.1. The molecule has 0 radical (unpaired) electrons. The van der Waals surface area contributed by atoms with Crippen molar-refractivity contribution in [2.24, 2.45) is 0 Å². The first-order chi connectivity index (χ1) is 15.0. The summed E-state index contributed by atoms with van der Waals surface area (Å²) in [5.74, 6) is -0.603. The predicted octanol–water partition coefficient (Wildman–Crippen LogP) is 5.68. The third-order valence-corrected chi connectivity index (χ3v) is 4.52. The lowest BCUT2D eigenvalue weighted by Gasteiger charge is -2.13. The molecule has 6 heteroatoms. The van der Waals surface area contributed by atoms with Crippen LogP contribution in [0, 0.1) is 18.6 Å². The molecule has 1 N–H and O–H groups in total. The number of hydrogen-bond acceptors (Lipinski definition) is 3. The van der Waals surface area contributed by atoms with E-state index in [1.165, 1.54) is 12.1 Å². The molecule has 0 bridgehead atoms. The Morgan fingerprint density at radius 3 is 2.68 bits per heavy atom. The molecule has 1 aromatic heterocycles. The molecule has 1 heterocycles. The van der Waals surface area contributed by atoms with E-state index in [0.29, 0.717) is 34.6 Å². The van der Waals surface area contributed by atoms with Crippen molar-refractivity contribution >= 4 is 5.91 Å². The Kier molecular flexibility index (Phi) is 7.27. The van der Waals surface area contributed by atoms with Crippen molar-refractivity contribution in [3.8, 4) is 11.5 Å². The van der Waals surface area contributed by atoms with Crippen molar-refractivity contribution in [3.63, 3.8) is 0 Å². The zero-order valence-electron chi connectivity index (χ0n) is 17.1. The number of halogens is 2. The molecule has 158 valence electrons. The van der Waals surface area contributed by atoms with E-state index in [1.807, 2.05) is 18.2 Å². The number of hydrogen-bond donors (Lipinski definition) is 1. The third-order valence-electron chi connectivity index (χ3n) is 4.52. The van der Waals surface area contributed by atoms with Crippen LogP contribution in [0.15, 0.2) is 79.5 Å². The monoisotopic (exact) mass is 420 g/mol. The molecule has 0 unspecified atom stereocenters. The maximum Gasteiger partial charge on any atom is 0.251 e. The molecule has 1 amide bonds. The SMILES string of the molecule is C=C/C=C\Cc1cc(Oc2cccc(C(=O)NCc3cc(F)cc(F)c3)c2C)ccn1. The van der Waals surface area contributed by atoms with Gasteiger partial charge in [0, 0.05) is 48.1 Å². The summed E-state index contributed by atoms with van der Waals surface area (Å²) in [7, 11) is 0. The number of amides is 1. The van der Waals surface area contributed by atoms with Gasteiger partial charge in [-0.25, -0.2) is 8.78 Å². The van der Waals surface area contributed by atoms with E-state index in [9.17, 15) is 13.6 Å². The Morgan fingerprint density at radius 2 is 1.94 bits per heavy atom. The molecular weight excluding hydrogens is 398 g/mol. The molecule has 2 aromatic carbocycles. The van der Waals surface area contributed by atoms with Crippen LogP contribution in [0.25, 0.3) is 0 Å². The van der Waals surface area contributed by atoms with Gasteiger partial charge in [0.25, 0.3) is 5.91 Å². The summed E-state index contributed by atoms with van der Waals surface area (Å²) in [6.07, 6.45) is 7.80. The van der Waals surface area contributed by atoms with Gasteiger partial charge in [0.15, 0.2) is 0 Å². The summed E-state index contributed by atoms with van der Waals surface area (Å²) in [5, 5.41) is 2.69. The van der Waals surface area contributed by atoms with Crippen molar-refractivity contribution < 1.29 is 18.3 Å². The van der Waals surface area contributed by atoms with E-state index >= 15 is 0 Å². The summed E-state index contributed by atoms with van der Waals surface area (Å²) >= 11 is 0. The standard InChI is InChI=1S/C25H22F2N2O2/c1-3-4-5-7-21-15-22(10-11-28-21)31-24-9-6-8-23(17(24)2)25(30)29-16-18-12-19(26)14-20(27)13-18/h3-6,8-15H,1,7,16H2,2H3,(H,29,30)/b5-4-. The highest BCUT2D eigenvalue weighted by atomic mass is 19.1. The average molecular weight is 420 g/mol. The van der Waals surface area contributed by atoms with Crippen LogP contribution in [0.1, 0.15) is 27.2 Å². The number of rotatable bonds is 8. The first-order valence-corrected chi connectivity index (χ1v) is 9.69. The van der Waals surface area contributed by atoms with E-state index in [2.05, 4.69) is 16.9 Å². The van der Waals surface area contributed by atoms with Crippen LogP contribution in [-0.4, -0.2) is 10.9 Å². The number of nitrogens with zero attached hydrogens (tertiary/aromatic N) is 1. The van der Waals surface area contributed by atoms with Gasteiger partial charge in [0.1, 0.15) is 23.1 Å². The number of benzene rings is 2. The highest BCUT2D eigenvalue weighted by Crippen LogP contribution is 2.27. The second-order valence-electron chi connectivity index (χ2n) is 6.84. The average Bonchev–Trinajstić information content (AvgIpc) is 2.73. The Hall–Kier alpha value is -3.80. The largest absolute Gasteiger partial charge is 0.457 e. The molecule has 4 nitrogen and oxygen atoms in total. The fourth-order valence-corrected chi connectivity index (χ4v) is 3.00. The smallest absolute Gasteiger partial charge is 0.251 e. The van der Waals surface area contributed by atoms with Crippen LogP contribution >= 0.6 is 0 Å². The summed E-state index contributed by atoms with van der Waals surface area (Å²) in [5.41, 5.74) is 2.24. The number of aromatic nitrogens is 1. The summed E-state index contributed by atoms with van der Waals surface area (Å²) < 4.78 is 32.6. The van der Waals surface area contributed by atoms with Gasteiger partial charge in [-0.05, 0) is 42.8 Å². The summed E-state index contributed by atoms with van der Waals surface area (Å²) in [6.45, 7) is 5.42. The molecule has 0 atom stereocenters. The maximum absolute atomic E-state index is 13.3. The van der Waals surface area contributed by atoms with E-state index in [1.54, 1.807) is 43.5 Å². The summed E-state index contributed by atoms with van der Waals surface area (Å²) in [4.78, 5) is 16.9. The van der Waals surface area contributed by atoms with Crippen LogP contribution in [-0.2, 0) is 13.0 Å². The number of pyridine rings is 1. The molecule has 0 aliphatic heterocycles. The lowest BCUT2D eigenvalue weighted by Crippen LogP contribution is -2.23. The van der Waals surface area contributed by atoms with Gasteiger partial charge < -0.3 is 10.1 Å². The Morgan fingerprint density at radius 1 is 1.16 bits per heavy atom.